The molecule has 1 aromatic rings. The Bertz CT molecular complexity index is 471. The highest BCUT2D eigenvalue weighted by Gasteiger charge is 2.22. The number of hydrogen-bond acceptors (Lipinski definition) is 3. The molecule has 1 aliphatic heterocycles. The summed E-state index contributed by atoms with van der Waals surface area (Å²) in [6, 6.07) is 5.20. The number of imide groups is 1. The summed E-state index contributed by atoms with van der Waals surface area (Å²) in [5.41, 5.74) is 1.56. The zero-order valence-corrected chi connectivity index (χ0v) is 9.35. The fourth-order valence-electron chi connectivity index (χ4n) is 1.65. The van der Waals surface area contributed by atoms with E-state index in [1.165, 1.54) is 0 Å². The average molecular weight is 231 g/mol. The Balaban J connectivity index is 2.07. The van der Waals surface area contributed by atoms with Crippen LogP contribution in [0.1, 0.15) is 17.8 Å². The van der Waals surface area contributed by atoms with E-state index in [9.17, 15) is 9.59 Å². The first kappa shape index (κ1) is 11.3. The molecule has 1 N–H and O–H groups in total. The molecule has 1 saturated heterocycles. The van der Waals surface area contributed by atoms with Crippen molar-refractivity contribution in [1.29, 1.82) is 0 Å². The molecule has 0 aliphatic carbocycles. The van der Waals surface area contributed by atoms with E-state index in [0.29, 0.717) is 19.5 Å². The number of pyridine rings is 1. The summed E-state index contributed by atoms with van der Waals surface area (Å²) in [6.07, 6.45) is 2.00. The summed E-state index contributed by atoms with van der Waals surface area (Å²) in [6.45, 7) is 4.48. The second-order valence-corrected chi connectivity index (χ2v) is 3.78. The van der Waals surface area contributed by atoms with Crippen LogP contribution < -0.4 is 5.32 Å². The predicted octanol–water partition coefficient (Wildman–Crippen LogP) is 1.17. The second kappa shape index (κ2) is 4.78. The molecule has 0 bridgehead atoms. The summed E-state index contributed by atoms with van der Waals surface area (Å²) < 4.78 is 0. The lowest BCUT2D eigenvalue weighted by atomic mass is 10.2. The molecule has 17 heavy (non-hydrogen) atoms. The molecular formula is C12H13N3O2. The zero-order valence-electron chi connectivity index (χ0n) is 9.35. The monoisotopic (exact) mass is 231 g/mol. The lowest BCUT2D eigenvalue weighted by Crippen LogP contribution is -2.48. The van der Waals surface area contributed by atoms with Crippen molar-refractivity contribution < 1.29 is 9.59 Å². The van der Waals surface area contributed by atoms with Gasteiger partial charge < -0.3 is 4.90 Å². The summed E-state index contributed by atoms with van der Waals surface area (Å²) in [5, 5.41) is 2.28. The Morgan fingerprint density at radius 1 is 1.47 bits per heavy atom. The molecule has 3 amide bonds. The van der Waals surface area contributed by atoms with Crippen LogP contribution in [0, 0.1) is 0 Å². The van der Waals surface area contributed by atoms with Crippen molar-refractivity contribution in [2.24, 2.45) is 0 Å². The van der Waals surface area contributed by atoms with Crippen LogP contribution >= 0.6 is 0 Å². The number of aromatic nitrogens is 1. The Morgan fingerprint density at radius 3 is 3.00 bits per heavy atom. The van der Waals surface area contributed by atoms with Gasteiger partial charge in [0.2, 0.25) is 5.91 Å². The van der Waals surface area contributed by atoms with Crippen LogP contribution in [0.5, 0.6) is 0 Å². The highest BCUT2D eigenvalue weighted by molar-refractivity contribution is 5.96. The van der Waals surface area contributed by atoms with Gasteiger partial charge >= 0.3 is 6.03 Å². The highest BCUT2D eigenvalue weighted by Crippen LogP contribution is 2.08. The second-order valence-electron chi connectivity index (χ2n) is 3.78. The number of nitrogens with one attached hydrogen (secondary N) is 1. The van der Waals surface area contributed by atoms with Crippen LogP contribution in [0.25, 0.3) is 6.08 Å². The minimum Gasteiger partial charge on any atom is -0.318 e. The molecule has 1 aromatic heterocycles. The highest BCUT2D eigenvalue weighted by atomic mass is 16.2. The van der Waals surface area contributed by atoms with Crippen molar-refractivity contribution in [1.82, 2.24) is 15.2 Å². The van der Waals surface area contributed by atoms with Gasteiger partial charge in [-0.15, -0.1) is 0 Å². The first-order valence-electron chi connectivity index (χ1n) is 5.36. The molecule has 1 fully saturated rings. The van der Waals surface area contributed by atoms with Gasteiger partial charge in [0, 0.05) is 13.0 Å². The van der Waals surface area contributed by atoms with E-state index < -0.39 is 0 Å². The third-order valence-electron chi connectivity index (χ3n) is 2.53. The van der Waals surface area contributed by atoms with Crippen molar-refractivity contribution in [2.75, 3.05) is 6.54 Å². The molecule has 5 nitrogen and oxygen atoms in total. The summed E-state index contributed by atoms with van der Waals surface area (Å²) >= 11 is 0. The van der Waals surface area contributed by atoms with Gasteiger partial charge in [-0.05, 0) is 18.2 Å². The molecule has 0 spiro atoms. The van der Waals surface area contributed by atoms with Crippen molar-refractivity contribution in [3.05, 3.63) is 36.2 Å². The maximum atomic E-state index is 11.5. The largest absolute Gasteiger partial charge is 0.324 e. The van der Waals surface area contributed by atoms with E-state index in [4.69, 9.17) is 0 Å². The maximum absolute atomic E-state index is 11.5. The van der Waals surface area contributed by atoms with E-state index in [0.717, 1.165) is 11.4 Å². The van der Waals surface area contributed by atoms with Crippen molar-refractivity contribution in [3.8, 4) is 0 Å². The average Bonchev–Trinajstić information content (AvgIpc) is 2.33. The third kappa shape index (κ3) is 2.69. The Labute approximate surface area is 99.1 Å². The van der Waals surface area contributed by atoms with Gasteiger partial charge in [0.05, 0.1) is 17.9 Å². The normalized spacial score (nSPS) is 15.6. The predicted molar refractivity (Wildman–Crippen MR) is 62.9 cm³/mol. The minimum absolute atomic E-state index is 0.223. The zero-order chi connectivity index (χ0) is 12.3. The number of carbonyl (C=O) groups excluding carboxylic acids is 2. The van der Waals surface area contributed by atoms with Crippen molar-refractivity contribution in [2.45, 2.75) is 13.0 Å². The Kier molecular flexibility index (Phi) is 3.18. The van der Waals surface area contributed by atoms with Gasteiger partial charge in [0.25, 0.3) is 0 Å². The Hall–Kier alpha value is -2.17. The fourth-order valence-corrected chi connectivity index (χ4v) is 1.65. The van der Waals surface area contributed by atoms with Gasteiger partial charge in [-0.25, -0.2) is 4.79 Å². The topological polar surface area (TPSA) is 62.3 Å². The van der Waals surface area contributed by atoms with Crippen LogP contribution in [0.3, 0.4) is 0 Å². The molecule has 2 rings (SSSR count). The molecular weight excluding hydrogens is 218 g/mol. The molecule has 5 heteroatoms. The van der Waals surface area contributed by atoms with Crippen LogP contribution in [0.2, 0.25) is 0 Å². The SMILES string of the molecule is C=Cc1cccc(CN2CCC(=O)NC2=O)n1. The number of urea groups is 1. The molecule has 1 aliphatic rings. The van der Waals surface area contributed by atoms with Gasteiger partial charge in [-0.3, -0.25) is 15.1 Å². The van der Waals surface area contributed by atoms with E-state index in [-0.39, 0.29) is 11.9 Å². The van der Waals surface area contributed by atoms with Gasteiger partial charge in [0.15, 0.2) is 0 Å². The third-order valence-corrected chi connectivity index (χ3v) is 2.53. The van der Waals surface area contributed by atoms with Gasteiger partial charge in [-0.2, -0.15) is 0 Å². The van der Waals surface area contributed by atoms with Crippen LogP contribution in [0.15, 0.2) is 24.8 Å². The molecule has 0 saturated carbocycles. The lowest BCUT2D eigenvalue weighted by molar-refractivity contribution is -0.121. The van der Waals surface area contributed by atoms with E-state index in [1.807, 2.05) is 18.2 Å². The first-order valence-corrected chi connectivity index (χ1v) is 5.36. The summed E-state index contributed by atoms with van der Waals surface area (Å²) in [4.78, 5) is 28.4. The summed E-state index contributed by atoms with van der Waals surface area (Å²) in [7, 11) is 0. The standard InChI is InChI=1S/C12H13N3O2/c1-2-9-4-3-5-10(13-9)8-15-7-6-11(16)14-12(15)17/h2-5H,1,6-8H2,(H,14,16,17). The first-order chi connectivity index (χ1) is 8.19. The van der Waals surface area contributed by atoms with E-state index in [2.05, 4.69) is 16.9 Å². The van der Waals surface area contributed by atoms with Crippen molar-refractivity contribution in [3.63, 3.8) is 0 Å². The molecule has 2 heterocycles. The fraction of sp³-hybridized carbons (Fsp3) is 0.250. The van der Waals surface area contributed by atoms with E-state index in [1.54, 1.807) is 11.0 Å². The number of nitrogens with zero attached hydrogens (tertiary/aromatic N) is 2. The van der Waals surface area contributed by atoms with Gasteiger partial charge in [0.1, 0.15) is 0 Å². The Morgan fingerprint density at radius 2 is 2.29 bits per heavy atom. The van der Waals surface area contributed by atoms with Gasteiger partial charge in [-0.1, -0.05) is 12.6 Å². The lowest BCUT2D eigenvalue weighted by Gasteiger charge is -2.26. The number of carbonyl (C=O) groups is 2. The summed E-state index contributed by atoms with van der Waals surface area (Å²) in [5.74, 6) is -0.223. The van der Waals surface area contributed by atoms with E-state index >= 15 is 0 Å². The van der Waals surface area contributed by atoms with Crippen LogP contribution in [-0.4, -0.2) is 28.4 Å². The maximum Gasteiger partial charge on any atom is 0.324 e. The smallest absolute Gasteiger partial charge is 0.318 e. The number of hydrogen-bond donors (Lipinski definition) is 1. The van der Waals surface area contributed by atoms with Crippen LogP contribution in [-0.2, 0) is 11.3 Å². The minimum atomic E-state index is -0.355. The van der Waals surface area contributed by atoms with Crippen LogP contribution in [0.4, 0.5) is 4.79 Å². The molecule has 88 valence electrons. The molecule has 0 radical (unpaired) electrons. The molecule has 0 aromatic carbocycles. The number of amides is 3. The quantitative estimate of drug-likeness (QED) is 0.849. The molecule has 0 atom stereocenters. The van der Waals surface area contributed by atoms with Crippen molar-refractivity contribution >= 4 is 18.0 Å². The number of rotatable bonds is 3. The molecule has 0 unspecified atom stereocenters.